The molecule has 308 valence electrons. The molecule has 6 atom stereocenters. The van der Waals surface area contributed by atoms with Crippen LogP contribution in [0.25, 0.3) is 0 Å². The van der Waals surface area contributed by atoms with Crippen LogP contribution in [0, 0.1) is 23.5 Å². The van der Waals surface area contributed by atoms with Gasteiger partial charge in [-0.15, -0.1) is 0 Å². The monoisotopic (exact) mass is 787 g/mol. The summed E-state index contributed by atoms with van der Waals surface area (Å²) in [4.78, 5) is 54.6. The van der Waals surface area contributed by atoms with Crippen molar-refractivity contribution >= 4 is 23.8 Å². The lowest BCUT2D eigenvalue weighted by atomic mass is 9.81. The Hall–Kier alpha value is -5.31. The lowest BCUT2D eigenvalue weighted by molar-refractivity contribution is -0.151. The Morgan fingerprint density at radius 2 is 1.23 bits per heavy atom. The molecule has 0 aliphatic carbocycles. The van der Waals surface area contributed by atoms with E-state index in [-0.39, 0.29) is 52.6 Å². The number of aromatic nitrogens is 1. The summed E-state index contributed by atoms with van der Waals surface area (Å²) < 4.78 is 53.7. The van der Waals surface area contributed by atoms with E-state index >= 15 is 0 Å². The quantitative estimate of drug-likeness (QED) is 0.146. The molecule has 0 aliphatic rings. The van der Waals surface area contributed by atoms with E-state index in [1.165, 1.54) is 69.7 Å². The van der Waals surface area contributed by atoms with Gasteiger partial charge in [0.05, 0.1) is 21.3 Å². The molecule has 2 aromatic carbocycles. The molecule has 0 radical (unpaired) electrons. The largest absolute Gasteiger partial charge is 0.496 e. The summed E-state index contributed by atoms with van der Waals surface area (Å²) in [5.41, 5.74) is 6.69. The number of hydrogen-bond donors (Lipinski definition) is 2. The molecule has 13 nitrogen and oxygen atoms in total. The molecule has 15 heteroatoms. The molecular formula is C41H55F2N3O10. The van der Waals surface area contributed by atoms with E-state index in [0.717, 1.165) is 12.5 Å². The highest BCUT2D eigenvalue weighted by molar-refractivity contribution is 5.98. The number of carbonyl (C=O) groups is 4. The van der Waals surface area contributed by atoms with Gasteiger partial charge < -0.3 is 39.4 Å². The maximum absolute atomic E-state index is 13.9. The molecular weight excluding hydrogens is 732 g/mol. The van der Waals surface area contributed by atoms with Crippen LogP contribution in [0.4, 0.5) is 8.78 Å². The van der Waals surface area contributed by atoms with Gasteiger partial charge in [-0.05, 0) is 57.2 Å². The highest BCUT2D eigenvalue weighted by Crippen LogP contribution is 2.40. The topological polar surface area (TPSA) is 177 Å². The Kier molecular flexibility index (Phi) is 17.7. The Bertz CT molecular complexity index is 1820. The first-order valence-electron chi connectivity index (χ1n) is 18.1. The van der Waals surface area contributed by atoms with Crippen molar-refractivity contribution in [3.8, 4) is 23.0 Å². The third kappa shape index (κ3) is 11.8. The predicted molar refractivity (Wildman–Crippen MR) is 205 cm³/mol. The minimum atomic E-state index is -1.27. The predicted octanol–water partition coefficient (Wildman–Crippen LogP) is 6.76. The van der Waals surface area contributed by atoms with Crippen LogP contribution in [0.1, 0.15) is 95.8 Å². The van der Waals surface area contributed by atoms with Crippen LogP contribution in [0.5, 0.6) is 23.0 Å². The molecule has 1 aromatic heterocycles. The number of nitrogens with two attached hydrogens (primary N) is 1. The second-order valence-corrected chi connectivity index (χ2v) is 14.0. The van der Waals surface area contributed by atoms with Gasteiger partial charge >= 0.3 is 17.9 Å². The zero-order valence-electron chi connectivity index (χ0n) is 34.1. The maximum Gasteiger partial charge on any atom is 0.326 e. The molecule has 0 saturated carbocycles. The minimum absolute atomic E-state index is 0.0924. The van der Waals surface area contributed by atoms with Gasteiger partial charge in [-0.1, -0.05) is 39.8 Å². The molecule has 56 heavy (non-hydrogen) atoms. The summed E-state index contributed by atoms with van der Waals surface area (Å²) >= 11 is 0. The van der Waals surface area contributed by atoms with E-state index in [4.69, 9.17) is 29.4 Å². The molecule has 1 heterocycles. The highest BCUT2D eigenvalue weighted by Gasteiger charge is 2.39. The first-order valence-corrected chi connectivity index (χ1v) is 18.1. The molecule has 0 saturated heterocycles. The number of halogens is 2. The van der Waals surface area contributed by atoms with Crippen molar-refractivity contribution in [2.45, 2.75) is 98.4 Å². The molecule has 3 rings (SSSR count). The van der Waals surface area contributed by atoms with Gasteiger partial charge in [0.2, 0.25) is 5.75 Å². The van der Waals surface area contributed by atoms with Crippen molar-refractivity contribution in [2.75, 3.05) is 21.3 Å². The number of carbonyl (C=O) groups excluding carboxylic acids is 3. The lowest BCUT2D eigenvalue weighted by Gasteiger charge is -2.39. The number of aliphatic carboxylic acids is 1. The van der Waals surface area contributed by atoms with E-state index < -0.39 is 53.7 Å². The van der Waals surface area contributed by atoms with Crippen LogP contribution in [0.3, 0.4) is 0 Å². The van der Waals surface area contributed by atoms with Crippen molar-refractivity contribution in [2.24, 2.45) is 17.6 Å². The minimum Gasteiger partial charge on any atom is -0.496 e. The average molecular weight is 788 g/mol. The summed E-state index contributed by atoms with van der Waals surface area (Å²) in [6, 6.07) is 7.25. The lowest BCUT2D eigenvalue weighted by Crippen LogP contribution is -2.51. The summed E-state index contributed by atoms with van der Waals surface area (Å²) in [7, 11) is 4.25. The number of esters is 2. The molecule has 0 spiro atoms. The number of pyridine rings is 1. The molecule has 3 N–H and O–H groups in total. The maximum atomic E-state index is 13.9. The van der Waals surface area contributed by atoms with Crippen molar-refractivity contribution in [1.29, 1.82) is 0 Å². The summed E-state index contributed by atoms with van der Waals surface area (Å²) in [6.45, 7) is 15.5. The fraction of sp³-hybridized carbons (Fsp3) is 0.488. The van der Waals surface area contributed by atoms with Crippen molar-refractivity contribution < 1.29 is 56.7 Å². The standard InChI is InChI=1S/C25H31FN2O7.C16H24FNO3/c1-13(2)21(18-9-8-17(26)12-20(18)34-7)14(3)28(15(4)25(31)32)24(30)22-23(35-16(5)29)19(33-6)10-11-27-22;1-9(2)15(11(4)21-16(19)10(3)18)13-7-6-12(17)8-14(13)20-5/h8-15,21H,1-7H3,(H,31,32);6-11,15H,18H2,1-5H3/t14?,15-,21+;10-,11-,15+/m00/s1. The molecule has 1 amide bonds. The zero-order valence-corrected chi connectivity index (χ0v) is 34.1. The van der Waals surface area contributed by atoms with Gasteiger partial charge in [0.15, 0.2) is 11.4 Å². The Labute approximate surface area is 327 Å². The molecule has 3 aromatic rings. The smallest absolute Gasteiger partial charge is 0.326 e. The number of ether oxygens (including phenoxy) is 5. The third-order valence-electron chi connectivity index (χ3n) is 9.23. The second kappa shape index (κ2) is 21.1. The molecule has 0 bridgehead atoms. The van der Waals surface area contributed by atoms with E-state index in [9.17, 15) is 33.1 Å². The summed E-state index contributed by atoms with van der Waals surface area (Å²) in [6.07, 6.45) is 0.916. The van der Waals surface area contributed by atoms with Crippen LogP contribution >= 0.6 is 0 Å². The number of carboxylic acids is 1. The Morgan fingerprint density at radius 3 is 1.64 bits per heavy atom. The number of carboxylic acid groups (broad SMARTS) is 1. The van der Waals surface area contributed by atoms with Gasteiger partial charge in [0.25, 0.3) is 5.91 Å². The van der Waals surface area contributed by atoms with E-state index in [1.807, 2.05) is 34.6 Å². The Balaban J connectivity index is 0.000000440. The Morgan fingerprint density at radius 1 is 0.750 bits per heavy atom. The molecule has 0 fully saturated rings. The van der Waals surface area contributed by atoms with Crippen LogP contribution in [0.2, 0.25) is 0 Å². The summed E-state index contributed by atoms with van der Waals surface area (Å²) in [5.74, 6) is -3.86. The highest BCUT2D eigenvalue weighted by atomic mass is 19.1. The molecule has 0 aliphatic heterocycles. The number of nitrogens with zero attached hydrogens (tertiary/aromatic N) is 2. The normalized spacial score (nSPS) is 14.2. The number of benzene rings is 2. The van der Waals surface area contributed by atoms with Crippen LogP contribution in [-0.4, -0.2) is 84.4 Å². The fourth-order valence-corrected chi connectivity index (χ4v) is 6.73. The SMILES string of the molecule is COc1cc(F)ccc1[C@H](C(C)C)C(C)N(C(=O)c1nccc(OC)c1OC(C)=O)[C@@H](C)C(=O)O.COc1cc(F)ccc1[C@H](C(C)C)[C@H](C)OC(=O)[C@H](C)N. The van der Waals surface area contributed by atoms with Crippen LogP contribution in [0.15, 0.2) is 48.7 Å². The number of methoxy groups -OCH3 is 3. The average Bonchev–Trinajstić information content (AvgIpc) is 3.12. The van der Waals surface area contributed by atoms with E-state index in [1.54, 1.807) is 26.0 Å². The number of amides is 1. The van der Waals surface area contributed by atoms with Gasteiger partial charge in [0.1, 0.15) is 41.3 Å². The van der Waals surface area contributed by atoms with Crippen LogP contribution in [-0.2, 0) is 19.1 Å². The van der Waals surface area contributed by atoms with Gasteiger partial charge in [0, 0.05) is 54.8 Å². The summed E-state index contributed by atoms with van der Waals surface area (Å²) in [5, 5.41) is 9.84. The molecule has 1 unspecified atom stereocenters. The zero-order chi connectivity index (χ0) is 42.6. The van der Waals surface area contributed by atoms with Crippen LogP contribution < -0.4 is 24.7 Å². The van der Waals surface area contributed by atoms with Gasteiger partial charge in [-0.25, -0.2) is 18.6 Å². The van der Waals surface area contributed by atoms with Gasteiger partial charge in [-0.2, -0.15) is 0 Å². The van der Waals surface area contributed by atoms with E-state index in [0.29, 0.717) is 11.3 Å². The first kappa shape index (κ1) is 46.8. The van der Waals surface area contributed by atoms with Gasteiger partial charge in [-0.3, -0.25) is 14.4 Å². The van der Waals surface area contributed by atoms with E-state index in [2.05, 4.69) is 4.98 Å². The van der Waals surface area contributed by atoms with Crippen molar-refractivity contribution in [3.63, 3.8) is 0 Å². The number of rotatable bonds is 16. The van der Waals surface area contributed by atoms with Crippen molar-refractivity contribution in [3.05, 3.63) is 77.1 Å². The van der Waals surface area contributed by atoms with Crippen molar-refractivity contribution in [1.82, 2.24) is 9.88 Å². The number of hydrogen-bond acceptors (Lipinski definition) is 11. The third-order valence-corrected chi connectivity index (χ3v) is 9.23. The fourth-order valence-electron chi connectivity index (χ4n) is 6.73. The second-order valence-electron chi connectivity index (χ2n) is 14.0. The first-order chi connectivity index (χ1) is 26.2.